The number of hydrogen-bond acceptors (Lipinski definition) is 6. The molecule has 6 nitrogen and oxygen atoms in total. The van der Waals surface area contributed by atoms with Gasteiger partial charge in [-0.15, -0.1) is 11.3 Å². The fourth-order valence-corrected chi connectivity index (χ4v) is 2.44. The average molecular weight is 292 g/mol. The molecule has 0 atom stereocenters. The Balaban J connectivity index is 2.23. The van der Waals surface area contributed by atoms with Gasteiger partial charge in [0.15, 0.2) is 0 Å². The van der Waals surface area contributed by atoms with E-state index >= 15 is 0 Å². The maximum atomic E-state index is 13.3. The van der Waals surface area contributed by atoms with Gasteiger partial charge in [0.25, 0.3) is 5.69 Å². The van der Waals surface area contributed by atoms with Gasteiger partial charge in [0.1, 0.15) is 22.1 Å². The topological polar surface area (TPSA) is 82.3 Å². The molecule has 0 fully saturated rings. The summed E-state index contributed by atoms with van der Waals surface area (Å²) < 4.78 is 18.3. The van der Waals surface area contributed by atoms with Crippen LogP contribution in [0.4, 0.5) is 10.1 Å². The van der Waals surface area contributed by atoms with Crippen molar-refractivity contribution in [3.63, 3.8) is 0 Å². The Bertz CT molecular complexity index is 755. The van der Waals surface area contributed by atoms with Crippen LogP contribution in [-0.4, -0.2) is 15.9 Å². The molecule has 0 unspecified atom stereocenters. The van der Waals surface area contributed by atoms with Crippen molar-refractivity contribution in [2.75, 3.05) is 0 Å². The van der Waals surface area contributed by atoms with Gasteiger partial charge in [-0.3, -0.25) is 10.1 Å². The minimum absolute atomic E-state index is 0.00616. The molecular weight excluding hydrogens is 287 g/mol. The maximum Gasteiger partial charge on any atom is 0.344 e. The van der Waals surface area contributed by atoms with Crippen LogP contribution in [-0.2, 0) is 4.74 Å². The number of thiazole rings is 1. The molecule has 1 aromatic carbocycles. The Hall–Kier alpha value is -2.61. The van der Waals surface area contributed by atoms with Gasteiger partial charge < -0.3 is 4.74 Å². The summed E-state index contributed by atoms with van der Waals surface area (Å²) in [6, 6.07) is 1.68. The standard InChI is InChI=1S/C12H5FN2O4S/c13-6-3-7-11(8(4-6)15(17)18)9(19-12(7)16)5-10-14-1-2-20-10/h1-5H/b9-5-. The number of hydrogen-bond donors (Lipinski definition) is 0. The lowest BCUT2D eigenvalue weighted by molar-refractivity contribution is -0.385. The van der Waals surface area contributed by atoms with E-state index < -0.39 is 22.4 Å². The number of nitro benzene ring substituents is 1. The molecule has 0 spiro atoms. The number of ether oxygens (including phenoxy) is 1. The fraction of sp³-hybridized carbons (Fsp3) is 0. The number of halogens is 1. The van der Waals surface area contributed by atoms with Gasteiger partial charge in [-0.05, 0) is 6.07 Å². The number of fused-ring (bicyclic) bond motifs is 1. The summed E-state index contributed by atoms with van der Waals surface area (Å²) in [7, 11) is 0. The molecule has 2 heterocycles. The van der Waals surface area contributed by atoms with E-state index in [-0.39, 0.29) is 16.9 Å². The first kappa shape index (κ1) is 12.4. The van der Waals surface area contributed by atoms with E-state index in [2.05, 4.69) is 4.98 Å². The number of nitrogens with zero attached hydrogens (tertiary/aromatic N) is 2. The Morgan fingerprint density at radius 3 is 2.90 bits per heavy atom. The van der Waals surface area contributed by atoms with Crippen molar-refractivity contribution in [2.24, 2.45) is 0 Å². The smallest absolute Gasteiger partial charge is 0.344 e. The van der Waals surface area contributed by atoms with E-state index in [1.165, 1.54) is 17.4 Å². The fourth-order valence-electron chi connectivity index (χ4n) is 1.88. The van der Waals surface area contributed by atoms with Gasteiger partial charge in [-0.1, -0.05) is 0 Å². The van der Waals surface area contributed by atoms with Crippen LogP contribution < -0.4 is 0 Å². The van der Waals surface area contributed by atoms with Crippen molar-refractivity contribution in [3.8, 4) is 0 Å². The number of carbonyl (C=O) groups excluding carboxylic acids is 1. The van der Waals surface area contributed by atoms with Gasteiger partial charge in [-0.25, -0.2) is 14.2 Å². The van der Waals surface area contributed by atoms with E-state index in [9.17, 15) is 19.3 Å². The summed E-state index contributed by atoms with van der Waals surface area (Å²) in [5, 5.41) is 13.2. The molecule has 20 heavy (non-hydrogen) atoms. The lowest BCUT2D eigenvalue weighted by Gasteiger charge is -1.99. The van der Waals surface area contributed by atoms with Crippen molar-refractivity contribution >= 4 is 34.8 Å². The Morgan fingerprint density at radius 1 is 1.45 bits per heavy atom. The molecule has 8 heteroatoms. The van der Waals surface area contributed by atoms with Gasteiger partial charge in [0, 0.05) is 17.7 Å². The molecule has 0 saturated carbocycles. The summed E-state index contributed by atoms with van der Waals surface area (Å²) in [5.74, 6) is -1.67. The zero-order valence-corrected chi connectivity index (χ0v) is 10.5. The lowest BCUT2D eigenvalue weighted by Crippen LogP contribution is -1.98. The van der Waals surface area contributed by atoms with Crippen LogP contribution in [0.25, 0.3) is 11.8 Å². The first-order valence-corrected chi connectivity index (χ1v) is 6.26. The second-order valence-corrected chi connectivity index (χ2v) is 4.80. The normalized spacial score (nSPS) is 15.2. The van der Waals surface area contributed by atoms with Gasteiger partial charge in [0.05, 0.1) is 16.6 Å². The Kier molecular flexibility index (Phi) is 2.79. The van der Waals surface area contributed by atoms with Crippen molar-refractivity contribution in [3.05, 3.63) is 55.8 Å². The van der Waals surface area contributed by atoms with Gasteiger partial charge in [0.2, 0.25) is 0 Å². The first-order chi connectivity index (χ1) is 9.56. The van der Waals surface area contributed by atoms with E-state index in [0.29, 0.717) is 5.01 Å². The molecule has 1 aromatic heterocycles. The molecule has 0 bridgehead atoms. The first-order valence-electron chi connectivity index (χ1n) is 5.38. The molecule has 100 valence electrons. The minimum Gasteiger partial charge on any atom is -0.422 e. The van der Waals surface area contributed by atoms with Crippen LogP contribution in [0.1, 0.15) is 20.9 Å². The summed E-state index contributed by atoms with van der Waals surface area (Å²) in [6.45, 7) is 0. The predicted octanol–water partition coefficient (Wildman–Crippen LogP) is 2.86. The van der Waals surface area contributed by atoms with Crippen LogP contribution in [0.2, 0.25) is 0 Å². The molecule has 1 aliphatic rings. The van der Waals surface area contributed by atoms with Crippen molar-refractivity contribution in [1.29, 1.82) is 0 Å². The molecule has 2 aromatic rings. The van der Waals surface area contributed by atoms with Crippen LogP contribution in [0.15, 0.2) is 23.7 Å². The number of rotatable bonds is 2. The minimum atomic E-state index is -0.858. The summed E-state index contributed by atoms with van der Waals surface area (Å²) in [5.41, 5.74) is -0.676. The van der Waals surface area contributed by atoms with Crippen LogP contribution in [0.5, 0.6) is 0 Å². The lowest BCUT2D eigenvalue weighted by atomic mass is 10.1. The highest BCUT2D eigenvalue weighted by atomic mass is 32.1. The number of carbonyl (C=O) groups is 1. The molecule has 1 aliphatic heterocycles. The number of benzene rings is 1. The zero-order valence-electron chi connectivity index (χ0n) is 9.70. The number of cyclic esters (lactones) is 1. The van der Waals surface area contributed by atoms with Crippen molar-refractivity contribution in [2.45, 2.75) is 0 Å². The van der Waals surface area contributed by atoms with Crippen LogP contribution in [0, 0.1) is 15.9 Å². The number of nitro groups is 1. The van der Waals surface area contributed by atoms with Gasteiger partial charge >= 0.3 is 5.97 Å². The van der Waals surface area contributed by atoms with Crippen molar-refractivity contribution < 1.29 is 18.8 Å². The Morgan fingerprint density at radius 2 is 2.25 bits per heavy atom. The van der Waals surface area contributed by atoms with E-state index in [0.717, 1.165) is 12.1 Å². The SMILES string of the molecule is O=C1O/C(=C\c2nccs2)c2c1cc(F)cc2[N+](=O)[O-]. The highest BCUT2D eigenvalue weighted by molar-refractivity contribution is 7.10. The highest BCUT2D eigenvalue weighted by Gasteiger charge is 2.35. The third-order valence-electron chi connectivity index (χ3n) is 2.65. The molecule has 0 amide bonds. The van der Waals surface area contributed by atoms with E-state index in [1.54, 1.807) is 11.6 Å². The predicted molar refractivity (Wildman–Crippen MR) is 68.5 cm³/mol. The van der Waals surface area contributed by atoms with Crippen LogP contribution in [0.3, 0.4) is 0 Å². The summed E-state index contributed by atoms with van der Waals surface area (Å²) in [4.78, 5) is 25.9. The third-order valence-corrected chi connectivity index (χ3v) is 3.38. The maximum absolute atomic E-state index is 13.3. The second-order valence-electron chi connectivity index (χ2n) is 3.87. The highest BCUT2D eigenvalue weighted by Crippen LogP contribution is 2.38. The van der Waals surface area contributed by atoms with Crippen LogP contribution >= 0.6 is 11.3 Å². The second kappa shape index (κ2) is 4.49. The zero-order chi connectivity index (χ0) is 14.3. The van der Waals surface area contributed by atoms with Gasteiger partial charge in [-0.2, -0.15) is 0 Å². The van der Waals surface area contributed by atoms with Crippen molar-refractivity contribution in [1.82, 2.24) is 4.98 Å². The largest absolute Gasteiger partial charge is 0.422 e. The number of esters is 1. The summed E-state index contributed by atoms with van der Waals surface area (Å²) >= 11 is 1.28. The number of aromatic nitrogens is 1. The molecule has 0 saturated heterocycles. The molecule has 0 aliphatic carbocycles. The average Bonchev–Trinajstić information content (AvgIpc) is 2.99. The molecule has 3 rings (SSSR count). The quantitative estimate of drug-likeness (QED) is 0.483. The summed E-state index contributed by atoms with van der Waals surface area (Å²) in [6.07, 6.45) is 2.97. The third kappa shape index (κ3) is 1.95. The van der Waals surface area contributed by atoms with E-state index in [1.807, 2.05) is 0 Å². The molecule has 0 N–H and O–H groups in total. The monoisotopic (exact) mass is 292 g/mol. The Labute approximate surface area is 115 Å². The molecular formula is C12H5FN2O4S. The van der Waals surface area contributed by atoms with E-state index in [4.69, 9.17) is 4.74 Å². The molecule has 0 radical (unpaired) electrons.